The fourth-order valence-electron chi connectivity index (χ4n) is 3.02. The van der Waals surface area contributed by atoms with Gasteiger partial charge in [0, 0.05) is 12.6 Å². The highest BCUT2D eigenvalue weighted by Gasteiger charge is 2.31. The minimum atomic E-state index is 0. The summed E-state index contributed by atoms with van der Waals surface area (Å²) < 4.78 is 0. The largest absolute Gasteiger partial charge is 0.395 e. The van der Waals surface area contributed by atoms with Gasteiger partial charge in [-0.05, 0) is 50.7 Å². The zero-order valence-electron chi connectivity index (χ0n) is 10.2. The average molecular weight is 249 g/mol. The lowest BCUT2D eigenvalue weighted by Gasteiger charge is -2.31. The van der Waals surface area contributed by atoms with E-state index in [1.54, 1.807) is 0 Å². The molecule has 0 aromatic rings. The third-order valence-electron chi connectivity index (χ3n) is 4.08. The van der Waals surface area contributed by atoms with E-state index in [2.05, 4.69) is 17.1 Å². The Labute approximate surface area is 105 Å². The SMILES string of the molecule is CC1CCN(CC2CCCNC2)C1CO.Cl. The average Bonchev–Trinajstić information content (AvgIpc) is 2.61. The summed E-state index contributed by atoms with van der Waals surface area (Å²) in [5, 5.41) is 12.8. The summed E-state index contributed by atoms with van der Waals surface area (Å²) in [5.74, 6) is 1.48. The van der Waals surface area contributed by atoms with Gasteiger partial charge in [0.1, 0.15) is 0 Å². The first-order valence-corrected chi connectivity index (χ1v) is 6.37. The Morgan fingerprint density at radius 2 is 2.19 bits per heavy atom. The highest BCUT2D eigenvalue weighted by atomic mass is 35.5. The van der Waals surface area contributed by atoms with Crippen LogP contribution in [0.1, 0.15) is 26.2 Å². The van der Waals surface area contributed by atoms with Crippen LogP contribution in [0.15, 0.2) is 0 Å². The molecule has 0 radical (unpaired) electrons. The van der Waals surface area contributed by atoms with Crippen molar-refractivity contribution in [2.75, 3.05) is 32.8 Å². The van der Waals surface area contributed by atoms with E-state index in [-0.39, 0.29) is 12.4 Å². The van der Waals surface area contributed by atoms with Gasteiger partial charge in [0.25, 0.3) is 0 Å². The fraction of sp³-hybridized carbons (Fsp3) is 1.00. The fourth-order valence-corrected chi connectivity index (χ4v) is 3.02. The van der Waals surface area contributed by atoms with Crippen LogP contribution in [0.3, 0.4) is 0 Å². The van der Waals surface area contributed by atoms with Crippen molar-refractivity contribution in [3.05, 3.63) is 0 Å². The lowest BCUT2D eigenvalue weighted by atomic mass is 9.98. The number of piperidine rings is 1. The van der Waals surface area contributed by atoms with Crippen LogP contribution < -0.4 is 5.32 Å². The number of hydrogen-bond donors (Lipinski definition) is 2. The van der Waals surface area contributed by atoms with E-state index in [9.17, 15) is 5.11 Å². The summed E-state index contributed by atoms with van der Waals surface area (Å²) in [6.45, 7) is 7.33. The molecule has 96 valence electrons. The molecule has 0 amide bonds. The Balaban J connectivity index is 0.00000128. The summed E-state index contributed by atoms with van der Waals surface area (Å²) in [6.07, 6.45) is 3.93. The summed E-state index contributed by atoms with van der Waals surface area (Å²) in [5.41, 5.74) is 0. The second kappa shape index (κ2) is 6.80. The quantitative estimate of drug-likeness (QED) is 0.786. The maximum absolute atomic E-state index is 9.38. The van der Waals surface area contributed by atoms with Gasteiger partial charge in [-0.3, -0.25) is 4.90 Å². The van der Waals surface area contributed by atoms with Crippen molar-refractivity contribution in [1.29, 1.82) is 0 Å². The minimum absolute atomic E-state index is 0. The molecular weight excluding hydrogens is 224 g/mol. The molecule has 0 bridgehead atoms. The van der Waals surface area contributed by atoms with Crippen LogP contribution in [0, 0.1) is 11.8 Å². The van der Waals surface area contributed by atoms with Crippen LogP contribution in [-0.2, 0) is 0 Å². The molecule has 3 nitrogen and oxygen atoms in total. The zero-order valence-corrected chi connectivity index (χ0v) is 11.0. The minimum Gasteiger partial charge on any atom is -0.395 e. The van der Waals surface area contributed by atoms with E-state index >= 15 is 0 Å². The standard InChI is InChI=1S/C12H24N2O.ClH/c1-10-4-6-14(12(10)9-15)8-11-3-2-5-13-7-11;/h10-13,15H,2-9H2,1H3;1H. The molecule has 0 aliphatic carbocycles. The Hall–Kier alpha value is 0.170. The lowest BCUT2D eigenvalue weighted by molar-refractivity contribution is 0.118. The van der Waals surface area contributed by atoms with Gasteiger partial charge in [-0.15, -0.1) is 12.4 Å². The predicted molar refractivity (Wildman–Crippen MR) is 69.1 cm³/mol. The summed E-state index contributed by atoms with van der Waals surface area (Å²) in [7, 11) is 0. The van der Waals surface area contributed by atoms with Gasteiger partial charge < -0.3 is 10.4 Å². The van der Waals surface area contributed by atoms with Gasteiger partial charge in [-0.2, -0.15) is 0 Å². The maximum Gasteiger partial charge on any atom is 0.0589 e. The van der Waals surface area contributed by atoms with Gasteiger partial charge in [0.05, 0.1) is 6.61 Å². The molecule has 3 unspecified atom stereocenters. The summed E-state index contributed by atoms with van der Waals surface area (Å²) in [6, 6.07) is 0.423. The van der Waals surface area contributed by atoms with Crippen LogP contribution in [0.2, 0.25) is 0 Å². The molecule has 2 rings (SSSR count). The van der Waals surface area contributed by atoms with Crippen molar-refractivity contribution in [3.63, 3.8) is 0 Å². The normalized spacial score (nSPS) is 36.0. The van der Waals surface area contributed by atoms with Gasteiger partial charge in [-0.1, -0.05) is 6.92 Å². The third kappa shape index (κ3) is 3.33. The van der Waals surface area contributed by atoms with Crippen molar-refractivity contribution in [2.45, 2.75) is 32.2 Å². The van der Waals surface area contributed by atoms with E-state index in [4.69, 9.17) is 0 Å². The van der Waals surface area contributed by atoms with Crippen molar-refractivity contribution in [2.24, 2.45) is 11.8 Å². The van der Waals surface area contributed by atoms with Crippen LogP contribution in [0.25, 0.3) is 0 Å². The molecular formula is C12H25ClN2O. The highest BCUT2D eigenvalue weighted by molar-refractivity contribution is 5.85. The molecule has 2 saturated heterocycles. The summed E-state index contributed by atoms with van der Waals surface area (Å²) >= 11 is 0. The zero-order chi connectivity index (χ0) is 10.7. The van der Waals surface area contributed by atoms with Crippen molar-refractivity contribution in [3.8, 4) is 0 Å². The Bertz CT molecular complexity index is 197. The smallest absolute Gasteiger partial charge is 0.0589 e. The molecule has 0 spiro atoms. The molecule has 4 heteroatoms. The number of aliphatic hydroxyl groups excluding tert-OH is 1. The van der Waals surface area contributed by atoms with Crippen molar-refractivity contribution >= 4 is 12.4 Å². The molecule has 0 aromatic carbocycles. The molecule has 0 saturated carbocycles. The maximum atomic E-state index is 9.38. The monoisotopic (exact) mass is 248 g/mol. The van der Waals surface area contributed by atoms with Gasteiger partial charge in [0.15, 0.2) is 0 Å². The molecule has 2 fully saturated rings. The van der Waals surface area contributed by atoms with Crippen LogP contribution in [-0.4, -0.2) is 48.8 Å². The van der Waals surface area contributed by atoms with Crippen LogP contribution in [0.5, 0.6) is 0 Å². The Morgan fingerprint density at radius 3 is 2.81 bits per heavy atom. The first kappa shape index (κ1) is 14.2. The number of hydrogen-bond acceptors (Lipinski definition) is 3. The van der Waals surface area contributed by atoms with Crippen molar-refractivity contribution < 1.29 is 5.11 Å². The molecule has 2 heterocycles. The van der Waals surface area contributed by atoms with E-state index in [1.165, 1.54) is 45.4 Å². The van der Waals surface area contributed by atoms with Gasteiger partial charge in [-0.25, -0.2) is 0 Å². The molecule has 2 N–H and O–H groups in total. The Kier molecular flexibility index (Phi) is 6.05. The molecule has 16 heavy (non-hydrogen) atoms. The van der Waals surface area contributed by atoms with E-state index < -0.39 is 0 Å². The van der Waals surface area contributed by atoms with E-state index in [0.29, 0.717) is 18.6 Å². The van der Waals surface area contributed by atoms with Crippen molar-refractivity contribution in [1.82, 2.24) is 10.2 Å². The second-order valence-corrected chi connectivity index (χ2v) is 5.22. The lowest BCUT2D eigenvalue weighted by Crippen LogP contribution is -2.42. The number of likely N-dealkylation sites (tertiary alicyclic amines) is 1. The Morgan fingerprint density at radius 1 is 1.38 bits per heavy atom. The topological polar surface area (TPSA) is 35.5 Å². The number of rotatable bonds is 3. The number of aliphatic hydroxyl groups is 1. The van der Waals surface area contributed by atoms with Crippen LogP contribution in [0.4, 0.5) is 0 Å². The molecule has 0 aromatic heterocycles. The third-order valence-corrected chi connectivity index (χ3v) is 4.08. The van der Waals surface area contributed by atoms with Crippen LogP contribution >= 0.6 is 12.4 Å². The second-order valence-electron chi connectivity index (χ2n) is 5.22. The molecule has 2 aliphatic rings. The number of halogens is 1. The van der Waals surface area contributed by atoms with Gasteiger partial charge in [0.2, 0.25) is 0 Å². The first-order valence-electron chi connectivity index (χ1n) is 6.37. The predicted octanol–water partition coefficient (Wildman–Crippen LogP) is 1.11. The van der Waals surface area contributed by atoms with E-state index in [1.807, 2.05) is 0 Å². The molecule has 2 aliphatic heterocycles. The first-order chi connectivity index (χ1) is 7.31. The van der Waals surface area contributed by atoms with E-state index in [0.717, 1.165) is 5.92 Å². The molecule has 3 atom stereocenters. The van der Waals surface area contributed by atoms with Gasteiger partial charge >= 0.3 is 0 Å². The number of nitrogens with one attached hydrogen (secondary N) is 1. The summed E-state index contributed by atoms with van der Waals surface area (Å²) in [4.78, 5) is 2.50. The number of nitrogens with zero attached hydrogens (tertiary/aromatic N) is 1. The highest BCUT2D eigenvalue weighted by Crippen LogP contribution is 2.25.